The monoisotopic (exact) mass is 382 g/mol. The molecule has 0 saturated heterocycles. The molecule has 0 saturated carbocycles. The predicted octanol–water partition coefficient (Wildman–Crippen LogP) is 2.68. The number of hydrogen-bond donors (Lipinski definition) is 3. The molecule has 148 valence electrons. The fraction of sp³-hybridized carbons (Fsp3) is 0.318. The molecular weight excluding hydrogens is 356 g/mol. The number of fused-ring (bicyclic) bond motifs is 1. The second kappa shape index (κ2) is 8.91. The maximum Gasteiger partial charge on any atom is 0.252 e. The first-order valence-electron chi connectivity index (χ1n) is 9.25. The van der Waals surface area contributed by atoms with E-state index in [1.165, 1.54) is 0 Å². The summed E-state index contributed by atoms with van der Waals surface area (Å²) in [7, 11) is 1.61. The number of aliphatic hydroxyl groups excluding tert-OH is 1. The van der Waals surface area contributed by atoms with Gasteiger partial charge in [0.25, 0.3) is 5.56 Å². The number of nitrogens with one attached hydrogen (secondary N) is 2. The van der Waals surface area contributed by atoms with Gasteiger partial charge < -0.3 is 24.9 Å². The zero-order chi connectivity index (χ0) is 20.1. The van der Waals surface area contributed by atoms with Gasteiger partial charge in [-0.1, -0.05) is 12.1 Å². The van der Waals surface area contributed by atoms with Crippen LogP contribution in [0.5, 0.6) is 11.5 Å². The van der Waals surface area contributed by atoms with E-state index in [1.54, 1.807) is 31.4 Å². The normalized spacial score (nSPS) is 12.1. The first kappa shape index (κ1) is 19.9. The minimum absolute atomic E-state index is 0.113. The summed E-state index contributed by atoms with van der Waals surface area (Å²) in [4.78, 5) is 15.3. The molecule has 2 aromatic carbocycles. The number of hydrogen-bond acceptors (Lipinski definition) is 5. The van der Waals surface area contributed by atoms with Gasteiger partial charge in [0.05, 0.1) is 12.6 Å². The number of aliphatic hydroxyl groups is 1. The van der Waals surface area contributed by atoms with Gasteiger partial charge in [0.2, 0.25) is 0 Å². The Hall–Kier alpha value is -2.83. The lowest BCUT2D eigenvalue weighted by Gasteiger charge is -2.14. The molecule has 0 aliphatic carbocycles. The third-order valence-electron chi connectivity index (χ3n) is 4.72. The lowest BCUT2D eigenvalue weighted by Crippen LogP contribution is -2.32. The highest BCUT2D eigenvalue weighted by Gasteiger charge is 2.09. The summed E-state index contributed by atoms with van der Waals surface area (Å²) < 4.78 is 10.7. The molecule has 0 radical (unpaired) electrons. The van der Waals surface area contributed by atoms with E-state index in [4.69, 9.17) is 9.47 Å². The van der Waals surface area contributed by atoms with E-state index in [0.29, 0.717) is 24.4 Å². The fourth-order valence-corrected chi connectivity index (χ4v) is 3.05. The highest BCUT2D eigenvalue weighted by Crippen LogP contribution is 2.20. The van der Waals surface area contributed by atoms with Gasteiger partial charge in [0, 0.05) is 24.0 Å². The molecule has 1 aromatic heterocycles. The zero-order valence-electron chi connectivity index (χ0n) is 16.4. The Morgan fingerprint density at radius 1 is 1.07 bits per heavy atom. The van der Waals surface area contributed by atoms with Crippen molar-refractivity contribution >= 4 is 10.9 Å². The van der Waals surface area contributed by atoms with E-state index < -0.39 is 6.10 Å². The molecule has 0 spiro atoms. The van der Waals surface area contributed by atoms with Gasteiger partial charge in [-0.05, 0) is 55.3 Å². The number of rotatable bonds is 8. The Bertz CT molecular complexity index is 996. The highest BCUT2D eigenvalue weighted by atomic mass is 16.5. The number of methoxy groups -OCH3 is 1. The minimum Gasteiger partial charge on any atom is -0.497 e. The number of aromatic amines is 1. The van der Waals surface area contributed by atoms with Crippen molar-refractivity contribution < 1.29 is 14.6 Å². The maximum absolute atomic E-state index is 12.3. The van der Waals surface area contributed by atoms with Crippen molar-refractivity contribution in [3.8, 4) is 11.5 Å². The molecule has 0 bridgehead atoms. The summed E-state index contributed by atoms with van der Waals surface area (Å²) >= 11 is 0. The van der Waals surface area contributed by atoms with Crippen LogP contribution in [0.2, 0.25) is 0 Å². The van der Waals surface area contributed by atoms with Gasteiger partial charge in [0.1, 0.15) is 24.2 Å². The Balaban J connectivity index is 1.54. The number of ether oxygens (including phenoxy) is 2. The molecule has 0 fully saturated rings. The Labute approximate surface area is 164 Å². The van der Waals surface area contributed by atoms with Crippen LogP contribution in [0.15, 0.2) is 47.3 Å². The van der Waals surface area contributed by atoms with Gasteiger partial charge in [-0.15, -0.1) is 0 Å². The average molecular weight is 382 g/mol. The second-order valence-electron chi connectivity index (χ2n) is 6.88. The van der Waals surface area contributed by atoms with Crippen molar-refractivity contribution in [3.63, 3.8) is 0 Å². The number of benzene rings is 2. The van der Waals surface area contributed by atoms with Crippen LogP contribution in [0.3, 0.4) is 0 Å². The van der Waals surface area contributed by atoms with Crippen molar-refractivity contribution in [2.45, 2.75) is 26.5 Å². The third-order valence-corrected chi connectivity index (χ3v) is 4.72. The van der Waals surface area contributed by atoms with Crippen molar-refractivity contribution in [2.24, 2.45) is 0 Å². The summed E-state index contributed by atoms with van der Waals surface area (Å²) in [6, 6.07) is 13.2. The van der Waals surface area contributed by atoms with Gasteiger partial charge in [0.15, 0.2) is 0 Å². The smallest absolute Gasteiger partial charge is 0.252 e. The predicted molar refractivity (Wildman–Crippen MR) is 110 cm³/mol. The van der Waals surface area contributed by atoms with Crippen LogP contribution in [0.25, 0.3) is 10.9 Å². The van der Waals surface area contributed by atoms with Crippen LogP contribution in [0.1, 0.15) is 16.7 Å². The standard InChI is InChI=1S/C22H26N2O4/c1-14-4-5-15(2)21-20(14)10-16(22(26)24-21)11-23-12-17(25)13-28-19-8-6-18(27-3)7-9-19/h4-10,17,23,25H,11-13H2,1-3H3,(H,24,26)/t17-/m1/s1. The number of aromatic nitrogens is 1. The van der Waals surface area contributed by atoms with Crippen molar-refractivity contribution in [1.29, 1.82) is 0 Å². The van der Waals surface area contributed by atoms with Crippen molar-refractivity contribution in [1.82, 2.24) is 10.3 Å². The zero-order valence-corrected chi connectivity index (χ0v) is 16.4. The van der Waals surface area contributed by atoms with Crippen LogP contribution >= 0.6 is 0 Å². The van der Waals surface area contributed by atoms with E-state index in [0.717, 1.165) is 27.8 Å². The van der Waals surface area contributed by atoms with Crippen molar-refractivity contribution in [2.75, 3.05) is 20.3 Å². The van der Waals surface area contributed by atoms with Crippen LogP contribution < -0.4 is 20.3 Å². The molecule has 0 aliphatic heterocycles. The number of pyridine rings is 1. The van der Waals surface area contributed by atoms with Gasteiger partial charge in [-0.25, -0.2) is 0 Å². The second-order valence-corrected chi connectivity index (χ2v) is 6.88. The van der Waals surface area contributed by atoms with Gasteiger partial charge in [-0.3, -0.25) is 4.79 Å². The molecule has 0 amide bonds. The SMILES string of the molecule is COc1ccc(OC[C@H](O)CNCc2cc3c(C)ccc(C)c3[nH]c2=O)cc1. The highest BCUT2D eigenvalue weighted by molar-refractivity contribution is 5.85. The molecular formula is C22H26N2O4. The van der Waals surface area contributed by atoms with E-state index in [1.807, 2.05) is 32.0 Å². The molecule has 28 heavy (non-hydrogen) atoms. The maximum atomic E-state index is 12.3. The van der Waals surface area contributed by atoms with Gasteiger partial charge in [-0.2, -0.15) is 0 Å². The molecule has 3 rings (SSSR count). The number of H-pyrrole nitrogens is 1. The van der Waals surface area contributed by atoms with Crippen LogP contribution in [-0.4, -0.2) is 36.5 Å². The summed E-state index contributed by atoms with van der Waals surface area (Å²) in [5.74, 6) is 1.41. The molecule has 0 aliphatic rings. The third kappa shape index (κ3) is 4.71. The number of aryl methyl sites for hydroxylation is 2. The summed E-state index contributed by atoms with van der Waals surface area (Å²) in [6.07, 6.45) is -0.689. The summed E-state index contributed by atoms with van der Waals surface area (Å²) in [6.45, 7) is 4.86. The molecule has 1 atom stereocenters. The molecule has 1 heterocycles. The molecule has 3 N–H and O–H groups in total. The van der Waals surface area contributed by atoms with Crippen LogP contribution in [0, 0.1) is 13.8 Å². The Morgan fingerprint density at radius 3 is 2.46 bits per heavy atom. The molecule has 0 unspecified atom stereocenters. The summed E-state index contributed by atoms with van der Waals surface area (Å²) in [5, 5.41) is 14.3. The average Bonchev–Trinajstić information content (AvgIpc) is 2.70. The minimum atomic E-state index is -0.689. The van der Waals surface area contributed by atoms with Crippen LogP contribution in [-0.2, 0) is 6.54 Å². The molecule has 6 nitrogen and oxygen atoms in total. The van der Waals surface area contributed by atoms with E-state index in [2.05, 4.69) is 10.3 Å². The Morgan fingerprint density at radius 2 is 1.75 bits per heavy atom. The largest absolute Gasteiger partial charge is 0.497 e. The quantitative estimate of drug-likeness (QED) is 0.558. The topological polar surface area (TPSA) is 83.6 Å². The molecule has 3 aromatic rings. The van der Waals surface area contributed by atoms with E-state index >= 15 is 0 Å². The first-order chi connectivity index (χ1) is 13.5. The fourth-order valence-electron chi connectivity index (χ4n) is 3.05. The first-order valence-corrected chi connectivity index (χ1v) is 9.25. The van der Waals surface area contributed by atoms with Crippen LogP contribution in [0.4, 0.5) is 0 Å². The Kier molecular flexibility index (Phi) is 6.34. The summed E-state index contributed by atoms with van der Waals surface area (Å²) in [5.41, 5.74) is 3.57. The van der Waals surface area contributed by atoms with Crippen molar-refractivity contribution in [3.05, 3.63) is 69.5 Å². The van der Waals surface area contributed by atoms with E-state index in [9.17, 15) is 9.90 Å². The molecule has 6 heteroatoms. The van der Waals surface area contributed by atoms with Gasteiger partial charge >= 0.3 is 0 Å². The lowest BCUT2D eigenvalue weighted by atomic mass is 10.0. The lowest BCUT2D eigenvalue weighted by molar-refractivity contribution is 0.106. The van der Waals surface area contributed by atoms with E-state index in [-0.39, 0.29) is 12.2 Å².